The topological polar surface area (TPSA) is 29.9 Å². The van der Waals surface area contributed by atoms with Crippen molar-refractivity contribution in [3.63, 3.8) is 0 Å². The summed E-state index contributed by atoms with van der Waals surface area (Å²) in [5.41, 5.74) is 3.81. The number of aromatic nitrogens is 2. The van der Waals surface area contributed by atoms with Gasteiger partial charge in [0.2, 0.25) is 0 Å². The Morgan fingerprint density at radius 1 is 1.30 bits per heavy atom. The first-order chi connectivity index (χ1) is 9.52. The Hall–Kier alpha value is -1.13. The van der Waals surface area contributed by atoms with Crippen LogP contribution in [0.25, 0.3) is 0 Å². The predicted molar refractivity (Wildman–Crippen MR) is 86.7 cm³/mol. The standard InChI is InChI=1S/C16H22BrN3/c1-5-16(13-6-8-14(17)9-7-13)19-11(2)15-10-18-20(4)12(15)3/h6-11,16,19H,5H2,1-4H3. The van der Waals surface area contributed by atoms with Gasteiger partial charge in [-0.1, -0.05) is 35.0 Å². The smallest absolute Gasteiger partial charge is 0.0540 e. The summed E-state index contributed by atoms with van der Waals surface area (Å²) in [5, 5.41) is 8.03. The number of hydrogen-bond donors (Lipinski definition) is 1. The van der Waals surface area contributed by atoms with E-state index in [-0.39, 0.29) is 6.04 Å². The summed E-state index contributed by atoms with van der Waals surface area (Å²) in [4.78, 5) is 0. The van der Waals surface area contributed by atoms with Gasteiger partial charge in [0.05, 0.1) is 6.20 Å². The quantitative estimate of drug-likeness (QED) is 0.883. The molecule has 1 aromatic heterocycles. The van der Waals surface area contributed by atoms with Gasteiger partial charge < -0.3 is 5.32 Å². The van der Waals surface area contributed by atoms with Crippen molar-refractivity contribution in [3.05, 3.63) is 51.8 Å². The van der Waals surface area contributed by atoms with E-state index in [1.165, 1.54) is 16.8 Å². The minimum absolute atomic E-state index is 0.289. The molecule has 0 bridgehead atoms. The molecule has 2 unspecified atom stereocenters. The number of rotatable bonds is 5. The second-order valence-electron chi connectivity index (χ2n) is 5.21. The van der Waals surface area contributed by atoms with Crippen LogP contribution in [0.2, 0.25) is 0 Å². The van der Waals surface area contributed by atoms with Gasteiger partial charge in [-0.3, -0.25) is 4.68 Å². The lowest BCUT2D eigenvalue weighted by Gasteiger charge is -2.23. The van der Waals surface area contributed by atoms with Crippen LogP contribution >= 0.6 is 15.9 Å². The second-order valence-corrected chi connectivity index (χ2v) is 6.13. The van der Waals surface area contributed by atoms with Crippen molar-refractivity contribution in [3.8, 4) is 0 Å². The highest BCUT2D eigenvalue weighted by Gasteiger charge is 2.16. The van der Waals surface area contributed by atoms with Crippen molar-refractivity contribution in [2.24, 2.45) is 7.05 Å². The Balaban J connectivity index is 2.14. The third-order valence-corrected chi connectivity index (χ3v) is 4.40. The van der Waals surface area contributed by atoms with Crippen LogP contribution in [-0.4, -0.2) is 9.78 Å². The highest BCUT2D eigenvalue weighted by Crippen LogP contribution is 2.24. The van der Waals surface area contributed by atoms with E-state index in [9.17, 15) is 0 Å². The Bertz CT molecular complexity index is 560. The number of hydrogen-bond acceptors (Lipinski definition) is 2. The molecule has 0 saturated heterocycles. The van der Waals surface area contributed by atoms with Crippen molar-refractivity contribution >= 4 is 15.9 Å². The first-order valence-corrected chi connectivity index (χ1v) is 7.82. The first kappa shape index (κ1) is 15.3. The van der Waals surface area contributed by atoms with E-state index in [1.54, 1.807) is 0 Å². The number of aryl methyl sites for hydroxylation is 1. The average molecular weight is 336 g/mol. The molecule has 0 amide bonds. The highest BCUT2D eigenvalue weighted by molar-refractivity contribution is 9.10. The van der Waals surface area contributed by atoms with Gasteiger partial charge in [-0.2, -0.15) is 5.10 Å². The van der Waals surface area contributed by atoms with Crippen molar-refractivity contribution in [1.29, 1.82) is 0 Å². The SMILES string of the molecule is CCC(NC(C)c1cnn(C)c1C)c1ccc(Br)cc1. The molecular weight excluding hydrogens is 314 g/mol. The summed E-state index contributed by atoms with van der Waals surface area (Å²) in [6.45, 7) is 6.52. The predicted octanol–water partition coefficient (Wildman–Crippen LogP) is 4.29. The molecule has 108 valence electrons. The number of benzene rings is 1. The van der Waals surface area contributed by atoms with Gasteiger partial charge in [-0.15, -0.1) is 0 Å². The molecule has 2 rings (SSSR count). The molecule has 0 aliphatic rings. The van der Waals surface area contributed by atoms with Crippen LogP contribution in [0.5, 0.6) is 0 Å². The van der Waals surface area contributed by atoms with Crippen molar-refractivity contribution < 1.29 is 0 Å². The zero-order valence-electron chi connectivity index (χ0n) is 12.5. The second kappa shape index (κ2) is 6.55. The zero-order valence-corrected chi connectivity index (χ0v) is 14.1. The van der Waals surface area contributed by atoms with Crippen molar-refractivity contribution in [2.45, 2.75) is 39.3 Å². The minimum Gasteiger partial charge on any atom is -0.303 e. The van der Waals surface area contributed by atoms with Crippen molar-refractivity contribution in [1.82, 2.24) is 15.1 Å². The molecule has 2 atom stereocenters. The zero-order chi connectivity index (χ0) is 14.7. The summed E-state index contributed by atoms with van der Waals surface area (Å²) in [7, 11) is 1.98. The van der Waals surface area contributed by atoms with Crippen LogP contribution in [0.1, 0.15) is 49.2 Å². The molecule has 0 aliphatic heterocycles. The van der Waals surface area contributed by atoms with Crippen LogP contribution in [0.4, 0.5) is 0 Å². The van der Waals surface area contributed by atoms with Crippen LogP contribution in [0.3, 0.4) is 0 Å². The maximum absolute atomic E-state index is 4.33. The van der Waals surface area contributed by atoms with Crippen LogP contribution in [-0.2, 0) is 7.05 Å². The Labute approximate surface area is 129 Å². The first-order valence-electron chi connectivity index (χ1n) is 7.03. The molecule has 0 spiro atoms. The Morgan fingerprint density at radius 2 is 1.95 bits per heavy atom. The van der Waals surface area contributed by atoms with Gasteiger partial charge >= 0.3 is 0 Å². The molecule has 1 heterocycles. The molecule has 1 N–H and O–H groups in total. The summed E-state index contributed by atoms with van der Waals surface area (Å²) in [5.74, 6) is 0. The fourth-order valence-electron chi connectivity index (χ4n) is 2.48. The van der Waals surface area contributed by atoms with E-state index >= 15 is 0 Å². The number of nitrogens with zero attached hydrogens (tertiary/aromatic N) is 2. The van der Waals surface area contributed by atoms with Crippen molar-refractivity contribution in [2.75, 3.05) is 0 Å². The summed E-state index contributed by atoms with van der Waals surface area (Å²) in [6, 6.07) is 9.19. The fourth-order valence-corrected chi connectivity index (χ4v) is 2.74. The van der Waals surface area contributed by atoms with E-state index in [2.05, 4.69) is 71.4 Å². The summed E-state index contributed by atoms with van der Waals surface area (Å²) in [6.07, 6.45) is 3.02. The molecule has 0 radical (unpaired) electrons. The minimum atomic E-state index is 0.289. The third-order valence-electron chi connectivity index (χ3n) is 3.87. The lowest BCUT2D eigenvalue weighted by molar-refractivity contribution is 0.455. The lowest BCUT2D eigenvalue weighted by atomic mass is 10.0. The molecule has 4 heteroatoms. The number of nitrogens with one attached hydrogen (secondary N) is 1. The van der Waals surface area contributed by atoms with Crippen LogP contribution < -0.4 is 5.32 Å². The normalized spacial score (nSPS) is 14.2. The van der Waals surface area contributed by atoms with E-state index < -0.39 is 0 Å². The highest BCUT2D eigenvalue weighted by atomic mass is 79.9. The van der Waals surface area contributed by atoms with Gasteiger partial charge in [0.1, 0.15) is 0 Å². The van der Waals surface area contributed by atoms with E-state index in [4.69, 9.17) is 0 Å². The summed E-state index contributed by atoms with van der Waals surface area (Å²) >= 11 is 3.48. The molecule has 3 nitrogen and oxygen atoms in total. The summed E-state index contributed by atoms with van der Waals surface area (Å²) < 4.78 is 3.04. The fraction of sp³-hybridized carbons (Fsp3) is 0.438. The molecule has 0 aliphatic carbocycles. The Kier molecular flexibility index (Phi) is 5.00. The largest absolute Gasteiger partial charge is 0.303 e. The molecular formula is C16H22BrN3. The van der Waals surface area contributed by atoms with E-state index in [1.807, 2.05) is 17.9 Å². The average Bonchev–Trinajstić information content (AvgIpc) is 2.77. The van der Waals surface area contributed by atoms with Gasteiger partial charge in [-0.25, -0.2) is 0 Å². The van der Waals surface area contributed by atoms with Crippen LogP contribution in [0.15, 0.2) is 34.9 Å². The van der Waals surface area contributed by atoms with Gasteiger partial charge in [-0.05, 0) is 38.0 Å². The molecule has 0 saturated carbocycles. The lowest BCUT2D eigenvalue weighted by Crippen LogP contribution is -2.24. The van der Waals surface area contributed by atoms with Gasteiger partial charge in [0.25, 0.3) is 0 Å². The van der Waals surface area contributed by atoms with Crippen LogP contribution in [0, 0.1) is 6.92 Å². The van der Waals surface area contributed by atoms with Gasteiger partial charge in [0.15, 0.2) is 0 Å². The number of halogens is 1. The Morgan fingerprint density at radius 3 is 2.45 bits per heavy atom. The maximum Gasteiger partial charge on any atom is 0.0540 e. The third kappa shape index (κ3) is 3.30. The molecule has 2 aromatic rings. The molecule has 1 aromatic carbocycles. The van der Waals surface area contributed by atoms with E-state index in [0.29, 0.717) is 6.04 Å². The van der Waals surface area contributed by atoms with E-state index in [0.717, 1.165) is 10.9 Å². The van der Waals surface area contributed by atoms with Gasteiger partial charge in [0, 0.05) is 34.9 Å². The molecule has 0 fully saturated rings. The maximum atomic E-state index is 4.33. The monoisotopic (exact) mass is 335 g/mol. The molecule has 20 heavy (non-hydrogen) atoms.